The molecule has 1 aliphatic heterocycles. The highest BCUT2D eigenvalue weighted by atomic mass is 16.3. The molecule has 82 valence electrons. The second-order valence-corrected chi connectivity index (χ2v) is 4.38. The molecule has 0 aromatic heterocycles. The van der Waals surface area contributed by atoms with Crippen LogP contribution in [0, 0.1) is 11.8 Å². The highest BCUT2D eigenvalue weighted by Crippen LogP contribution is 2.31. The molecule has 0 amide bonds. The minimum atomic E-state index is 0.268. The molecule has 0 bridgehead atoms. The highest BCUT2D eigenvalue weighted by molar-refractivity contribution is 5.67. The zero-order valence-electron chi connectivity index (χ0n) is 9.06. The molecule has 0 radical (unpaired) electrons. The third-order valence-corrected chi connectivity index (χ3v) is 3.28. The van der Waals surface area contributed by atoms with Gasteiger partial charge in [0.25, 0.3) is 0 Å². The Balaban J connectivity index is 2.17. The topological polar surface area (TPSA) is 49.5 Å². The lowest BCUT2D eigenvalue weighted by atomic mass is 10.00. The standard InChI is InChI=1S/C12H18N2O/c1-9-6-14(7-10(9)8-15)12-5-3-2-4-11(12)13/h2-5,9-10,15H,6-8,13H2,1H3/t9-,10-/m1/s1. The number of rotatable bonds is 2. The third kappa shape index (κ3) is 1.92. The maximum absolute atomic E-state index is 9.21. The molecule has 0 unspecified atom stereocenters. The number of hydrogen-bond acceptors (Lipinski definition) is 3. The second kappa shape index (κ2) is 4.11. The van der Waals surface area contributed by atoms with Crippen LogP contribution < -0.4 is 10.6 Å². The largest absolute Gasteiger partial charge is 0.397 e. The van der Waals surface area contributed by atoms with E-state index < -0.39 is 0 Å². The van der Waals surface area contributed by atoms with Gasteiger partial charge in [-0.05, 0) is 18.1 Å². The van der Waals surface area contributed by atoms with Crippen molar-refractivity contribution in [2.75, 3.05) is 30.3 Å². The van der Waals surface area contributed by atoms with Gasteiger partial charge in [-0.15, -0.1) is 0 Å². The quantitative estimate of drug-likeness (QED) is 0.718. The molecule has 3 nitrogen and oxygen atoms in total. The summed E-state index contributed by atoms with van der Waals surface area (Å²) >= 11 is 0. The minimum Gasteiger partial charge on any atom is -0.397 e. The van der Waals surface area contributed by atoms with Crippen molar-refractivity contribution in [3.63, 3.8) is 0 Å². The van der Waals surface area contributed by atoms with Gasteiger partial charge in [-0.2, -0.15) is 0 Å². The first-order valence-corrected chi connectivity index (χ1v) is 5.42. The van der Waals surface area contributed by atoms with E-state index in [1.165, 1.54) is 0 Å². The number of nitrogen functional groups attached to an aromatic ring is 1. The molecule has 3 N–H and O–H groups in total. The Hall–Kier alpha value is -1.22. The lowest BCUT2D eigenvalue weighted by Crippen LogP contribution is -2.21. The fourth-order valence-electron chi connectivity index (χ4n) is 2.24. The van der Waals surface area contributed by atoms with Crippen LogP contribution in [0.2, 0.25) is 0 Å². The van der Waals surface area contributed by atoms with E-state index in [9.17, 15) is 5.11 Å². The van der Waals surface area contributed by atoms with E-state index >= 15 is 0 Å². The first-order chi connectivity index (χ1) is 7.22. The van der Waals surface area contributed by atoms with Crippen LogP contribution in [-0.2, 0) is 0 Å². The Kier molecular flexibility index (Phi) is 2.82. The molecule has 2 atom stereocenters. The number of hydrogen-bond donors (Lipinski definition) is 2. The zero-order valence-corrected chi connectivity index (χ0v) is 9.06. The molecular formula is C12H18N2O. The first-order valence-electron chi connectivity index (χ1n) is 5.42. The summed E-state index contributed by atoms with van der Waals surface area (Å²) in [6.07, 6.45) is 0. The summed E-state index contributed by atoms with van der Waals surface area (Å²) < 4.78 is 0. The average molecular weight is 206 g/mol. The number of nitrogens with zero attached hydrogens (tertiary/aromatic N) is 1. The van der Waals surface area contributed by atoms with E-state index in [2.05, 4.69) is 11.8 Å². The summed E-state index contributed by atoms with van der Waals surface area (Å²) in [5, 5.41) is 9.21. The van der Waals surface area contributed by atoms with Gasteiger partial charge in [-0.3, -0.25) is 0 Å². The second-order valence-electron chi connectivity index (χ2n) is 4.38. The van der Waals surface area contributed by atoms with E-state index in [0.29, 0.717) is 11.8 Å². The lowest BCUT2D eigenvalue weighted by molar-refractivity contribution is 0.212. The smallest absolute Gasteiger partial charge is 0.0600 e. The van der Waals surface area contributed by atoms with Crippen LogP contribution in [0.25, 0.3) is 0 Å². The van der Waals surface area contributed by atoms with Crippen molar-refractivity contribution in [3.05, 3.63) is 24.3 Å². The maximum atomic E-state index is 9.21. The number of nitrogens with two attached hydrogens (primary N) is 1. The molecular weight excluding hydrogens is 188 g/mol. The van der Waals surface area contributed by atoms with Crippen LogP contribution in [0.3, 0.4) is 0 Å². The molecule has 3 heteroatoms. The van der Waals surface area contributed by atoms with Gasteiger partial charge in [-0.1, -0.05) is 19.1 Å². The van der Waals surface area contributed by atoms with Gasteiger partial charge in [0.1, 0.15) is 0 Å². The van der Waals surface area contributed by atoms with Crippen LogP contribution >= 0.6 is 0 Å². The van der Waals surface area contributed by atoms with E-state index in [1.54, 1.807) is 0 Å². The molecule has 1 fully saturated rings. The number of anilines is 2. The normalized spacial score (nSPS) is 25.9. The zero-order chi connectivity index (χ0) is 10.8. The predicted octanol–water partition coefficient (Wildman–Crippen LogP) is 1.33. The van der Waals surface area contributed by atoms with Crippen LogP contribution in [0.5, 0.6) is 0 Å². The number of benzene rings is 1. The SMILES string of the molecule is C[C@@H]1CN(c2ccccc2N)C[C@@H]1CO. The van der Waals surface area contributed by atoms with Crippen LogP contribution in [0.4, 0.5) is 11.4 Å². The third-order valence-electron chi connectivity index (χ3n) is 3.28. The molecule has 0 saturated carbocycles. The van der Waals surface area contributed by atoms with Gasteiger partial charge in [0.15, 0.2) is 0 Å². The molecule has 1 aliphatic rings. The van der Waals surface area contributed by atoms with Gasteiger partial charge in [0, 0.05) is 25.6 Å². The van der Waals surface area contributed by atoms with Crippen molar-refractivity contribution >= 4 is 11.4 Å². The van der Waals surface area contributed by atoms with Crippen molar-refractivity contribution in [1.29, 1.82) is 0 Å². The van der Waals surface area contributed by atoms with Crippen LogP contribution in [-0.4, -0.2) is 24.8 Å². The van der Waals surface area contributed by atoms with Gasteiger partial charge in [0.2, 0.25) is 0 Å². The summed E-state index contributed by atoms with van der Waals surface area (Å²) in [7, 11) is 0. The molecule has 0 aliphatic carbocycles. The Labute approximate surface area is 90.5 Å². The maximum Gasteiger partial charge on any atom is 0.0600 e. The number of aliphatic hydroxyl groups excluding tert-OH is 1. The van der Waals surface area contributed by atoms with E-state index in [1.807, 2.05) is 24.3 Å². The molecule has 2 rings (SSSR count). The van der Waals surface area contributed by atoms with Crippen molar-refractivity contribution in [2.45, 2.75) is 6.92 Å². The summed E-state index contributed by atoms with van der Waals surface area (Å²) in [6.45, 7) is 4.34. The van der Waals surface area contributed by atoms with Crippen LogP contribution in [0.15, 0.2) is 24.3 Å². The lowest BCUT2D eigenvalue weighted by Gasteiger charge is -2.20. The van der Waals surface area contributed by atoms with E-state index in [0.717, 1.165) is 24.5 Å². The highest BCUT2D eigenvalue weighted by Gasteiger charge is 2.29. The van der Waals surface area contributed by atoms with Crippen LogP contribution in [0.1, 0.15) is 6.92 Å². The summed E-state index contributed by atoms with van der Waals surface area (Å²) in [5.74, 6) is 0.916. The van der Waals surface area contributed by atoms with Crippen molar-refractivity contribution < 1.29 is 5.11 Å². The molecule has 1 saturated heterocycles. The predicted molar refractivity (Wildman–Crippen MR) is 62.8 cm³/mol. The fourth-order valence-corrected chi connectivity index (χ4v) is 2.24. The Morgan fingerprint density at radius 1 is 1.40 bits per heavy atom. The van der Waals surface area contributed by atoms with Gasteiger partial charge < -0.3 is 15.7 Å². The Morgan fingerprint density at radius 2 is 2.13 bits per heavy atom. The molecule has 15 heavy (non-hydrogen) atoms. The summed E-state index contributed by atoms with van der Waals surface area (Å²) in [6, 6.07) is 7.92. The fraction of sp³-hybridized carbons (Fsp3) is 0.500. The molecule has 1 heterocycles. The van der Waals surface area contributed by atoms with Gasteiger partial charge >= 0.3 is 0 Å². The van der Waals surface area contributed by atoms with E-state index in [4.69, 9.17) is 5.73 Å². The van der Waals surface area contributed by atoms with Crippen molar-refractivity contribution in [3.8, 4) is 0 Å². The Bertz CT molecular complexity index is 340. The van der Waals surface area contributed by atoms with Crippen molar-refractivity contribution in [2.24, 2.45) is 11.8 Å². The molecule has 1 aromatic rings. The summed E-state index contributed by atoms with van der Waals surface area (Å²) in [4.78, 5) is 2.26. The van der Waals surface area contributed by atoms with E-state index in [-0.39, 0.29) is 6.61 Å². The monoisotopic (exact) mass is 206 g/mol. The Morgan fingerprint density at radius 3 is 2.73 bits per heavy atom. The summed E-state index contributed by atoms with van der Waals surface area (Å²) in [5.41, 5.74) is 7.85. The minimum absolute atomic E-state index is 0.268. The van der Waals surface area contributed by atoms with Crippen molar-refractivity contribution in [1.82, 2.24) is 0 Å². The molecule has 0 spiro atoms. The van der Waals surface area contributed by atoms with Gasteiger partial charge in [-0.25, -0.2) is 0 Å². The number of aliphatic hydroxyl groups is 1. The van der Waals surface area contributed by atoms with Gasteiger partial charge in [0.05, 0.1) is 11.4 Å². The average Bonchev–Trinajstić information content (AvgIpc) is 2.60. The molecule has 1 aromatic carbocycles. The number of para-hydroxylation sites is 2. The first kappa shape index (κ1) is 10.3.